The van der Waals surface area contributed by atoms with Crippen molar-refractivity contribution in [2.75, 3.05) is 12.9 Å². The van der Waals surface area contributed by atoms with Gasteiger partial charge < -0.3 is 4.74 Å². The molecule has 0 amide bonds. The van der Waals surface area contributed by atoms with Crippen LogP contribution in [0.15, 0.2) is 0 Å². The standard InChI is InChI=1S/C7H14OS2/c1-6(2)4-5-8-7(9)10-3/h6H,4-5H2,1-3H3. The van der Waals surface area contributed by atoms with Crippen molar-refractivity contribution < 1.29 is 4.74 Å². The summed E-state index contributed by atoms with van der Waals surface area (Å²) in [6, 6.07) is 0. The minimum Gasteiger partial charge on any atom is -0.479 e. The van der Waals surface area contributed by atoms with E-state index in [-0.39, 0.29) is 0 Å². The minimum absolute atomic E-state index is 0.653. The Labute approximate surface area is 72.5 Å². The summed E-state index contributed by atoms with van der Waals surface area (Å²) in [6.45, 7) is 5.11. The summed E-state index contributed by atoms with van der Waals surface area (Å²) >= 11 is 6.33. The van der Waals surface area contributed by atoms with Crippen molar-refractivity contribution in [1.29, 1.82) is 0 Å². The molecular weight excluding hydrogens is 164 g/mol. The molecule has 0 heterocycles. The first-order valence-corrected chi connectivity index (χ1v) is 5.01. The molecule has 0 unspecified atom stereocenters. The molecule has 0 aliphatic heterocycles. The fraction of sp³-hybridized carbons (Fsp3) is 0.857. The Bertz CT molecular complexity index is 102. The molecule has 0 saturated carbocycles. The summed E-state index contributed by atoms with van der Waals surface area (Å²) in [6.07, 6.45) is 3.01. The first-order valence-electron chi connectivity index (χ1n) is 3.37. The second-order valence-corrected chi connectivity index (χ2v) is 3.89. The first-order chi connectivity index (χ1) is 4.66. The van der Waals surface area contributed by atoms with Gasteiger partial charge in [-0.2, -0.15) is 0 Å². The van der Waals surface area contributed by atoms with Crippen molar-refractivity contribution in [3.05, 3.63) is 0 Å². The normalized spacial score (nSPS) is 10.0. The van der Waals surface area contributed by atoms with Gasteiger partial charge in [-0.05, 0) is 30.8 Å². The average molecular weight is 178 g/mol. The predicted molar refractivity (Wildman–Crippen MR) is 51.5 cm³/mol. The summed E-state index contributed by atoms with van der Waals surface area (Å²) in [4.78, 5) is 0. The zero-order chi connectivity index (χ0) is 7.98. The number of hydrogen-bond donors (Lipinski definition) is 0. The van der Waals surface area contributed by atoms with E-state index in [4.69, 9.17) is 17.0 Å². The van der Waals surface area contributed by atoms with Gasteiger partial charge >= 0.3 is 0 Å². The van der Waals surface area contributed by atoms with E-state index in [0.717, 1.165) is 13.0 Å². The fourth-order valence-electron chi connectivity index (χ4n) is 0.437. The molecule has 0 rings (SSSR count). The Kier molecular flexibility index (Phi) is 6.13. The maximum absolute atomic E-state index is 5.20. The molecule has 0 saturated heterocycles. The van der Waals surface area contributed by atoms with Crippen LogP contribution in [0.5, 0.6) is 0 Å². The molecule has 0 aromatic heterocycles. The number of ether oxygens (including phenoxy) is 1. The van der Waals surface area contributed by atoms with E-state index in [1.165, 1.54) is 11.8 Å². The molecule has 1 nitrogen and oxygen atoms in total. The van der Waals surface area contributed by atoms with E-state index in [9.17, 15) is 0 Å². The molecule has 0 aliphatic rings. The third-order valence-corrected chi connectivity index (χ3v) is 2.15. The highest BCUT2D eigenvalue weighted by molar-refractivity contribution is 8.22. The molecule has 0 spiro atoms. The molecule has 60 valence electrons. The van der Waals surface area contributed by atoms with Crippen LogP contribution in [0.3, 0.4) is 0 Å². The lowest BCUT2D eigenvalue weighted by Crippen LogP contribution is -2.01. The molecule has 0 radical (unpaired) electrons. The monoisotopic (exact) mass is 178 g/mol. The summed E-state index contributed by atoms with van der Waals surface area (Å²) in [5.41, 5.74) is 0. The summed E-state index contributed by atoms with van der Waals surface area (Å²) in [5, 5.41) is 0. The Hall–Kier alpha value is 0.240. The zero-order valence-corrected chi connectivity index (χ0v) is 8.35. The lowest BCUT2D eigenvalue weighted by atomic mass is 10.1. The number of hydrogen-bond acceptors (Lipinski definition) is 3. The molecule has 0 aliphatic carbocycles. The molecule has 0 aromatic carbocycles. The van der Waals surface area contributed by atoms with Gasteiger partial charge in [0.1, 0.15) is 0 Å². The van der Waals surface area contributed by atoms with Crippen molar-refractivity contribution in [3.63, 3.8) is 0 Å². The number of thiocarbonyl (C=S) groups is 1. The smallest absolute Gasteiger partial charge is 0.219 e. The van der Waals surface area contributed by atoms with Gasteiger partial charge in [0.2, 0.25) is 4.38 Å². The van der Waals surface area contributed by atoms with Gasteiger partial charge in [0, 0.05) is 0 Å². The van der Waals surface area contributed by atoms with Crippen LogP contribution in [0, 0.1) is 5.92 Å². The molecule has 3 heteroatoms. The van der Waals surface area contributed by atoms with Crippen molar-refractivity contribution in [3.8, 4) is 0 Å². The van der Waals surface area contributed by atoms with Crippen molar-refractivity contribution in [2.45, 2.75) is 20.3 Å². The topological polar surface area (TPSA) is 9.23 Å². The maximum atomic E-state index is 5.20. The largest absolute Gasteiger partial charge is 0.479 e. The molecule has 0 bridgehead atoms. The van der Waals surface area contributed by atoms with Crippen LogP contribution in [0.4, 0.5) is 0 Å². The second-order valence-electron chi connectivity index (χ2n) is 2.49. The quantitative estimate of drug-likeness (QED) is 0.615. The van der Waals surface area contributed by atoms with E-state index >= 15 is 0 Å². The Balaban J connectivity index is 3.12. The predicted octanol–water partition coefficient (Wildman–Crippen LogP) is 2.70. The van der Waals surface area contributed by atoms with Gasteiger partial charge in [-0.15, -0.1) is 0 Å². The van der Waals surface area contributed by atoms with E-state index in [1.54, 1.807) is 0 Å². The maximum Gasteiger partial charge on any atom is 0.219 e. The highest BCUT2D eigenvalue weighted by Gasteiger charge is 1.96. The molecule has 0 fully saturated rings. The van der Waals surface area contributed by atoms with Gasteiger partial charge in [0.25, 0.3) is 0 Å². The van der Waals surface area contributed by atoms with Gasteiger partial charge in [-0.3, -0.25) is 0 Å². The van der Waals surface area contributed by atoms with Crippen molar-refractivity contribution in [1.82, 2.24) is 0 Å². The fourth-order valence-corrected chi connectivity index (χ4v) is 0.721. The lowest BCUT2D eigenvalue weighted by Gasteiger charge is -2.05. The highest BCUT2D eigenvalue weighted by Crippen LogP contribution is 2.03. The average Bonchev–Trinajstić information content (AvgIpc) is 1.87. The second kappa shape index (κ2) is 5.98. The van der Waals surface area contributed by atoms with Gasteiger partial charge in [0.15, 0.2) is 0 Å². The van der Waals surface area contributed by atoms with Crippen molar-refractivity contribution >= 4 is 28.4 Å². The molecular formula is C7H14OS2. The van der Waals surface area contributed by atoms with Crippen LogP contribution < -0.4 is 0 Å². The molecule has 0 atom stereocenters. The van der Waals surface area contributed by atoms with Crippen LogP contribution in [0.1, 0.15) is 20.3 Å². The van der Waals surface area contributed by atoms with E-state index < -0.39 is 0 Å². The van der Waals surface area contributed by atoms with E-state index in [0.29, 0.717) is 10.3 Å². The van der Waals surface area contributed by atoms with Crippen LogP contribution in [-0.4, -0.2) is 17.2 Å². The Morgan fingerprint density at radius 1 is 1.60 bits per heavy atom. The van der Waals surface area contributed by atoms with E-state index in [1.807, 2.05) is 6.26 Å². The lowest BCUT2D eigenvalue weighted by molar-refractivity contribution is 0.292. The van der Waals surface area contributed by atoms with Gasteiger partial charge in [0.05, 0.1) is 6.61 Å². The third kappa shape index (κ3) is 6.36. The minimum atomic E-state index is 0.653. The van der Waals surface area contributed by atoms with E-state index in [2.05, 4.69) is 13.8 Å². The third-order valence-electron chi connectivity index (χ3n) is 1.08. The zero-order valence-electron chi connectivity index (χ0n) is 6.72. The van der Waals surface area contributed by atoms with Crippen LogP contribution in [-0.2, 0) is 4.74 Å². The highest BCUT2D eigenvalue weighted by atomic mass is 32.2. The Morgan fingerprint density at radius 2 is 2.20 bits per heavy atom. The van der Waals surface area contributed by atoms with Crippen molar-refractivity contribution in [2.24, 2.45) is 5.92 Å². The van der Waals surface area contributed by atoms with Crippen LogP contribution in [0.25, 0.3) is 0 Å². The number of thioether (sulfide) groups is 1. The van der Waals surface area contributed by atoms with Gasteiger partial charge in [-0.25, -0.2) is 0 Å². The summed E-state index contributed by atoms with van der Waals surface area (Å²) in [5.74, 6) is 0.699. The molecule has 0 aromatic rings. The van der Waals surface area contributed by atoms with Gasteiger partial charge in [-0.1, -0.05) is 25.6 Å². The molecule has 0 N–H and O–H groups in total. The first kappa shape index (κ1) is 10.2. The molecule has 10 heavy (non-hydrogen) atoms. The summed E-state index contributed by atoms with van der Waals surface area (Å²) < 4.78 is 5.85. The Morgan fingerprint density at radius 3 is 2.60 bits per heavy atom. The SMILES string of the molecule is CSC(=S)OCCC(C)C. The number of rotatable bonds is 3. The van der Waals surface area contributed by atoms with Crippen LogP contribution >= 0.6 is 24.0 Å². The van der Waals surface area contributed by atoms with Crippen LogP contribution in [0.2, 0.25) is 0 Å². The summed E-state index contributed by atoms with van der Waals surface area (Å²) in [7, 11) is 0.